The number of amides is 2. The number of rotatable bonds is 4. The van der Waals surface area contributed by atoms with Crippen LogP contribution in [0.1, 0.15) is 50.1 Å². The van der Waals surface area contributed by atoms with Gasteiger partial charge in [0.15, 0.2) is 5.01 Å². The van der Waals surface area contributed by atoms with Gasteiger partial charge in [0, 0.05) is 52.4 Å². The molecule has 0 spiro atoms. The van der Waals surface area contributed by atoms with Gasteiger partial charge >= 0.3 is 0 Å². The van der Waals surface area contributed by atoms with E-state index in [0.29, 0.717) is 28.6 Å². The number of halogens is 2. The Hall–Kier alpha value is -2.17. The summed E-state index contributed by atoms with van der Waals surface area (Å²) in [4.78, 5) is 37.1. The van der Waals surface area contributed by atoms with Crippen molar-refractivity contribution in [2.24, 2.45) is 5.73 Å². The Bertz CT molecular complexity index is 1210. The first-order valence-corrected chi connectivity index (χ1v) is 12.4. The molecule has 1 aromatic carbocycles. The number of nitrogens with two attached hydrogens (primary N) is 1. The number of benzene rings is 1. The Labute approximate surface area is 213 Å². The average Bonchev–Trinajstić information content (AvgIpc) is 3.39. The maximum Gasteiger partial charge on any atom is 0.280 e. The number of nitrogens with one attached hydrogen (secondary N) is 3. The molecular weight excluding hydrogens is 495 g/mol. The van der Waals surface area contributed by atoms with Gasteiger partial charge in [0.1, 0.15) is 5.69 Å². The Morgan fingerprint density at radius 2 is 2.00 bits per heavy atom. The molecule has 5 N–H and O–H groups in total. The van der Waals surface area contributed by atoms with Crippen LogP contribution >= 0.6 is 35.3 Å². The third-order valence-electron chi connectivity index (χ3n) is 6.47. The molecule has 3 heterocycles. The largest absolute Gasteiger partial charge is 0.351 e. The zero-order valence-electron chi connectivity index (χ0n) is 18.8. The monoisotopic (exact) mass is 522 g/mol. The smallest absolute Gasteiger partial charge is 0.280 e. The number of hydrogen-bond donors (Lipinski definition) is 4. The summed E-state index contributed by atoms with van der Waals surface area (Å²) in [5.41, 5.74) is 8.52. The SMILES string of the molecule is CN1CCc2nc(C(=O)NC3CCC(N)CC3NC(=O)c3cc4cc(Cl)ccc4[nH]3)sc2C1.Cl. The molecule has 1 saturated carbocycles. The number of likely N-dealkylation sites (N-methyl/N-ethyl adjacent to an activating group) is 1. The van der Waals surface area contributed by atoms with Crippen LogP contribution in [-0.4, -0.2) is 58.4 Å². The lowest BCUT2D eigenvalue weighted by molar-refractivity contribution is 0.0855. The number of carbonyl (C=O) groups is 2. The van der Waals surface area contributed by atoms with Crippen LogP contribution in [-0.2, 0) is 13.0 Å². The summed E-state index contributed by atoms with van der Waals surface area (Å²) in [5.74, 6) is -0.412. The molecular formula is C23H28Cl2N6O2S. The summed E-state index contributed by atoms with van der Waals surface area (Å²) in [6.07, 6.45) is 2.96. The molecule has 8 nitrogen and oxygen atoms in total. The van der Waals surface area contributed by atoms with Gasteiger partial charge in [-0.2, -0.15) is 0 Å². The minimum Gasteiger partial charge on any atom is -0.351 e. The molecule has 3 unspecified atom stereocenters. The predicted octanol–water partition coefficient (Wildman–Crippen LogP) is 3.10. The highest BCUT2D eigenvalue weighted by atomic mass is 35.5. The zero-order chi connectivity index (χ0) is 23.1. The minimum atomic E-state index is -0.263. The molecule has 34 heavy (non-hydrogen) atoms. The van der Waals surface area contributed by atoms with E-state index in [-0.39, 0.29) is 42.3 Å². The fourth-order valence-corrected chi connectivity index (χ4v) is 5.93. The standard InChI is InChI=1S/C23H27ClN6O2S.ClH/c1-30-7-6-17-20(11-30)33-23(29-17)22(32)27-16-5-3-14(25)10-18(16)28-21(31)19-9-12-8-13(24)2-4-15(12)26-19;/h2,4,8-9,14,16,18,26H,3,5-7,10-11,25H2,1H3,(H,27,32)(H,28,31);1H. The summed E-state index contributed by atoms with van der Waals surface area (Å²) in [7, 11) is 2.07. The van der Waals surface area contributed by atoms with Gasteiger partial charge in [0.25, 0.3) is 11.8 Å². The topological polar surface area (TPSA) is 116 Å². The number of aromatic nitrogens is 2. The van der Waals surface area contributed by atoms with Crippen LogP contribution in [0, 0.1) is 0 Å². The molecule has 3 aromatic rings. The van der Waals surface area contributed by atoms with Crippen LogP contribution in [0.15, 0.2) is 24.3 Å². The Kier molecular flexibility index (Phi) is 7.49. The molecule has 1 aliphatic heterocycles. The van der Waals surface area contributed by atoms with Crippen molar-refractivity contribution in [2.45, 2.75) is 50.4 Å². The highest BCUT2D eigenvalue weighted by molar-refractivity contribution is 7.13. The first-order chi connectivity index (χ1) is 15.9. The summed E-state index contributed by atoms with van der Waals surface area (Å²) >= 11 is 7.52. The fraction of sp³-hybridized carbons (Fsp3) is 0.435. The summed E-state index contributed by atoms with van der Waals surface area (Å²) in [6.45, 7) is 1.78. The molecule has 11 heteroatoms. The molecule has 2 amide bonds. The molecule has 1 aliphatic carbocycles. The van der Waals surface area contributed by atoms with Gasteiger partial charge in [-0.25, -0.2) is 4.98 Å². The van der Waals surface area contributed by atoms with Crippen LogP contribution in [0.3, 0.4) is 0 Å². The van der Waals surface area contributed by atoms with E-state index in [1.165, 1.54) is 11.3 Å². The lowest BCUT2D eigenvalue weighted by Crippen LogP contribution is -2.56. The van der Waals surface area contributed by atoms with Crippen molar-refractivity contribution >= 4 is 58.1 Å². The lowest BCUT2D eigenvalue weighted by Gasteiger charge is -2.35. The first kappa shape index (κ1) is 24.9. The maximum atomic E-state index is 13.0. The van der Waals surface area contributed by atoms with Gasteiger partial charge in [-0.3, -0.25) is 9.59 Å². The molecule has 5 rings (SSSR count). The second kappa shape index (κ2) is 10.2. The van der Waals surface area contributed by atoms with Crippen molar-refractivity contribution < 1.29 is 9.59 Å². The quantitative estimate of drug-likeness (QED) is 0.420. The van der Waals surface area contributed by atoms with E-state index in [0.717, 1.165) is 47.4 Å². The number of H-pyrrole nitrogens is 1. The molecule has 2 aromatic heterocycles. The number of aromatic amines is 1. The van der Waals surface area contributed by atoms with Crippen LogP contribution < -0.4 is 16.4 Å². The fourth-order valence-electron chi connectivity index (χ4n) is 4.66. The van der Waals surface area contributed by atoms with Crippen LogP contribution in [0.2, 0.25) is 5.02 Å². The number of nitrogens with zero attached hydrogens (tertiary/aromatic N) is 2. The van der Waals surface area contributed by atoms with Gasteiger partial charge < -0.3 is 26.3 Å². The Morgan fingerprint density at radius 3 is 2.82 bits per heavy atom. The van der Waals surface area contributed by atoms with Crippen molar-refractivity contribution in [3.05, 3.63) is 50.6 Å². The van der Waals surface area contributed by atoms with E-state index in [9.17, 15) is 9.59 Å². The van der Waals surface area contributed by atoms with Crippen molar-refractivity contribution in [2.75, 3.05) is 13.6 Å². The van der Waals surface area contributed by atoms with Gasteiger partial charge in [-0.15, -0.1) is 23.7 Å². The van der Waals surface area contributed by atoms with E-state index < -0.39 is 0 Å². The molecule has 1 fully saturated rings. The minimum absolute atomic E-state index is 0. The van der Waals surface area contributed by atoms with Crippen LogP contribution in [0.4, 0.5) is 0 Å². The lowest BCUT2D eigenvalue weighted by atomic mass is 9.87. The summed E-state index contributed by atoms with van der Waals surface area (Å²) in [6, 6.07) is 6.73. The third kappa shape index (κ3) is 5.23. The van der Waals surface area contributed by atoms with E-state index in [2.05, 4.69) is 32.5 Å². The zero-order valence-corrected chi connectivity index (χ0v) is 21.2. The van der Waals surface area contributed by atoms with Gasteiger partial charge in [-0.1, -0.05) is 11.6 Å². The van der Waals surface area contributed by atoms with Crippen molar-refractivity contribution in [1.82, 2.24) is 25.5 Å². The molecule has 2 aliphatic rings. The highest BCUT2D eigenvalue weighted by Gasteiger charge is 2.33. The second-order valence-electron chi connectivity index (χ2n) is 9.02. The summed E-state index contributed by atoms with van der Waals surface area (Å²) < 4.78 is 0. The van der Waals surface area contributed by atoms with Crippen molar-refractivity contribution in [3.63, 3.8) is 0 Å². The number of thiazole rings is 1. The molecule has 3 atom stereocenters. The maximum absolute atomic E-state index is 13.0. The molecule has 0 bridgehead atoms. The van der Waals surface area contributed by atoms with Gasteiger partial charge in [-0.05, 0) is 50.6 Å². The number of fused-ring (bicyclic) bond motifs is 2. The van der Waals surface area contributed by atoms with Crippen LogP contribution in [0.5, 0.6) is 0 Å². The third-order valence-corrected chi connectivity index (χ3v) is 7.78. The highest BCUT2D eigenvalue weighted by Crippen LogP contribution is 2.26. The second-order valence-corrected chi connectivity index (χ2v) is 10.5. The molecule has 182 valence electrons. The average molecular weight is 523 g/mol. The predicted molar refractivity (Wildman–Crippen MR) is 137 cm³/mol. The van der Waals surface area contributed by atoms with Gasteiger partial charge in [0.05, 0.1) is 11.7 Å². The van der Waals surface area contributed by atoms with E-state index >= 15 is 0 Å². The van der Waals surface area contributed by atoms with E-state index in [1.54, 1.807) is 12.1 Å². The normalized spacial score (nSPS) is 22.6. The first-order valence-electron chi connectivity index (χ1n) is 11.2. The number of carbonyl (C=O) groups excluding carboxylic acids is 2. The van der Waals surface area contributed by atoms with Gasteiger partial charge in [0.2, 0.25) is 0 Å². The van der Waals surface area contributed by atoms with E-state index in [1.807, 2.05) is 12.1 Å². The van der Waals surface area contributed by atoms with Crippen LogP contribution in [0.25, 0.3) is 10.9 Å². The van der Waals surface area contributed by atoms with Crippen molar-refractivity contribution in [1.29, 1.82) is 0 Å². The molecule has 0 radical (unpaired) electrons. The molecule has 0 saturated heterocycles. The Balaban J connectivity index is 0.00000274. The summed E-state index contributed by atoms with van der Waals surface area (Å²) in [5, 5.41) is 8.17. The van der Waals surface area contributed by atoms with Crippen molar-refractivity contribution in [3.8, 4) is 0 Å². The van der Waals surface area contributed by atoms with E-state index in [4.69, 9.17) is 17.3 Å². The Morgan fingerprint density at radius 1 is 1.21 bits per heavy atom. The number of hydrogen-bond acceptors (Lipinski definition) is 6.